The molecule has 0 aliphatic rings. The first-order chi connectivity index (χ1) is 8.88. The van der Waals surface area contributed by atoms with E-state index in [2.05, 4.69) is 10.5 Å². The number of halogens is 2. The molecule has 0 unspecified atom stereocenters. The van der Waals surface area contributed by atoms with Crippen LogP contribution < -0.4 is 10.5 Å². The normalized spacial score (nSPS) is 12.3. The zero-order valence-electron chi connectivity index (χ0n) is 10.6. The number of nitrogens with zero attached hydrogens (tertiary/aromatic N) is 1. The van der Waals surface area contributed by atoms with Gasteiger partial charge in [0.15, 0.2) is 5.82 Å². The van der Waals surface area contributed by atoms with Gasteiger partial charge >= 0.3 is 5.69 Å². The van der Waals surface area contributed by atoms with E-state index in [0.717, 1.165) is 13.2 Å². The summed E-state index contributed by atoms with van der Waals surface area (Å²) in [7, 11) is 1.03. The molecule has 0 aliphatic carbocycles. The fourth-order valence-electron chi connectivity index (χ4n) is 1.45. The molecule has 0 bridgehead atoms. The van der Waals surface area contributed by atoms with Crippen LogP contribution in [-0.2, 0) is 11.3 Å². The van der Waals surface area contributed by atoms with Crippen LogP contribution in [0.2, 0.25) is 0 Å². The Morgan fingerprint density at radius 1 is 1.47 bits per heavy atom. The molecule has 0 aliphatic heterocycles. The van der Waals surface area contributed by atoms with E-state index >= 15 is 0 Å². The molecule has 0 fully saturated rings. The van der Waals surface area contributed by atoms with Crippen LogP contribution in [0.3, 0.4) is 0 Å². The van der Waals surface area contributed by atoms with Gasteiger partial charge in [0.05, 0.1) is 25.2 Å². The van der Waals surface area contributed by atoms with E-state index in [1.165, 1.54) is 0 Å². The average Bonchev–Trinajstić information content (AvgIpc) is 2.33. The van der Waals surface area contributed by atoms with Gasteiger partial charge in [-0.3, -0.25) is 10.1 Å². The standard InChI is InChI=1S/C11H14F2N2O4/c1-6(14)4-19-5-7-3-8(15(16)17)11(18-2)10(13)9(7)12/h3,6H,4-5,14H2,1-2H3/p+1/t6-/m1/s1. The van der Waals surface area contributed by atoms with Crippen molar-refractivity contribution < 1.29 is 28.9 Å². The molecule has 19 heavy (non-hydrogen) atoms. The first-order valence-electron chi connectivity index (χ1n) is 5.48. The summed E-state index contributed by atoms with van der Waals surface area (Å²) in [6, 6.07) is 0.881. The fraction of sp³-hybridized carbons (Fsp3) is 0.455. The van der Waals surface area contributed by atoms with Gasteiger partial charge in [0.25, 0.3) is 0 Å². The lowest BCUT2D eigenvalue weighted by Gasteiger charge is -2.09. The summed E-state index contributed by atoms with van der Waals surface area (Å²) in [5, 5.41) is 10.8. The Morgan fingerprint density at radius 2 is 2.11 bits per heavy atom. The molecule has 0 saturated carbocycles. The summed E-state index contributed by atoms with van der Waals surface area (Å²) in [6.45, 7) is 1.75. The summed E-state index contributed by atoms with van der Waals surface area (Å²) in [4.78, 5) is 9.93. The van der Waals surface area contributed by atoms with Gasteiger partial charge in [-0.2, -0.15) is 4.39 Å². The number of nitro groups is 1. The van der Waals surface area contributed by atoms with Gasteiger partial charge in [-0.1, -0.05) is 0 Å². The zero-order chi connectivity index (χ0) is 14.6. The lowest BCUT2D eigenvalue weighted by Crippen LogP contribution is -2.61. The van der Waals surface area contributed by atoms with Crippen molar-refractivity contribution in [1.82, 2.24) is 0 Å². The van der Waals surface area contributed by atoms with Gasteiger partial charge in [0, 0.05) is 11.6 Å². The molecule has 8 heteroatoms. The van der Waals surface area contributed by atoms with Crippen LogP contribution in [-0.4, -0.2) is 24.7 Å². The van der Waals surface area contributed by atoms with Crippen molar-refractivity contribution >= 4 is 5.69 Å². The van der Waals surface area contributed by atoms with Crippen LogP contribution in [0.5, 0.6) is 5.75 Å². The molecule has 1 atom stereocenters. The largest absolute Gasteiger partial charge is 0.488 e. The minimum atomic E-state index is -1.39. The van der Waals surface area contributed by atoms with Crippen LogP contribution in [0.25, 0.3) is 0 Å². The Bertz CT molecular complexity index is 480. The van der Waals surface area contributed by atoms with E-state index in [-0.39, 0.29) is 24.8 Å². The number of nitro benzene ring substituents is 1. The Kier molecular flexibility index (Phi) is 5.13. The number of rotatable bonds is 6. The van der Waals surface area contributed by atoms with Gasteiger partial charge in [-0.05, 0) is 6.92 Å². The van der Waals surface area contributed by atoms with Crippen LogP contribution in [0.15, 0.2) is 6.07 Å². The van der Waals surface area contributed by atoms with Crippen molar-refractivity contribution in [2.45, 2.75) is 19.6 Å². The first-order valence-corrected chi connectivity index (χ1v) is 5.48. The lowest BCUT2D eigenvalue weighted by molar-refractivity contribution is -0.421. The topological polar surface area (TPSA) is 89.2 Å². The number of ether oxygens (including phenoxy) is 2. The molecule has 3 N–H and O–H groups in total. The van der Waals surface area contributed by atoms with E-state index in [9.17, 15) is 18.9 Å². The predicted molar refractivity (Wildman–Crippen MR) is 61.6 cm³/mol. The van der Waals surface area contributed by atoms with E-state index in [4.69, 9.17) is 4.74 Å². The van der Waals surface area contributed by atoms with Crippen LogP contribution in [0, 0.1) is 21.7 Å². The second kappa shape index (κ2) is 6.39. The molecule has 0 heterocycles. The lowest BCUT2D eigenvalue weighted by atomic mass is 10.1. The highest BCUT2D eigenvalue weighted by molar-refractivity contribution is 5.50. The second-order valence-corrected chi connectivity index (χ2v) is 4.09. The fourth-order valence-corrected chi connectivity index (χ4v) is 1.45. The number of hydrogen-bond donors (Lipinski definition) is 1. The minimum absolute atomic E-state index is 0.0267. The van der Waals surface area contributed by atoms with Crippen LogP contribution in [0.4, 0.5) is 14.5 Å². The average molecular weight is 277 g/mol. The van der Waals surface area contributed by atoms with Gasteiger partial charge in [0.2, 0.25) is 11.6 Å². The Balaban J connectivity index is 3.08. The number of methoxy groups -OCH3 is 1. The second-order valence-electron chi connectivity index (χ2n) is 4.09. The van der Waals surface area contributed by atoms with E-state index in [1.807, 2.05) is 0 Å². The van der Waals surface area contributed by atoms with E-state index in [0.29, 0.717) is 0 Å². The highest BCUT2D eigenvalue weighted by Gasteiger charge is 2.26. The molecule has 0 spiro atoms. The van der Waals surface area contributed by atoms with Crippen molar-refractivity contribution in [2.75, 3.05) is 13.7 Å². The molecule has 1 rings (SSSR count). The van der Waals surface area contributed by atoms with Gasteiger partial charge in [-0.15, -0.1) is 0 Å². The third kappa shape index (κ3) is 3.58. The minimum Gasteiger partial charge on any atom is -0.488 e. The van der Waals surface area contributed by atoms with Crippen molar-refractivity contribution in [2.24, 2.45) is 0 Å². The summed E-state index contributed by atoms with van der Waals surface area (Å²) in [5.74, 6) is -3.33. The number of hydrogen-bond acceptors (Lipinski definition) is 4. The molecular formula is C11H15F2N2O4+. The van der Waals surface area contributed by atoms with Crippen molar-refractivity contribution in [1.29, 1.82) is 0 Å². The van der Waals surface area contributed by atoms with Crippen LogP contribution >= 0.6 is 0 Å². The summed E-state index contributed by atoms with van der Waals surface area (Å²) in [5.41, 5.74) is 2.79. The quantitative estimate of drug-likeness (QED) is 0.621. The summed E-state index contributed by atoms with van der Waals surface area (Å²) >= 11 is 0. The SMILES string of the molecule is COc1c([N+](=O)[O-])cc(COC[C@@H](C)[NH3+])c(F)c1F. The van der Waals surface area contributed by atoms with E-state index < -0.39 is 28.0 Å². The molecule has 0 saturated heterocycles. The van der Waals surface area contributed by atoms with Gasteiger partial charge in [0.1, 0.15) is 6.04 Å². The molecule has 0 aromatic heterocycles. The summed E-state index contributed by atoms with van der Waals surface area (Å²) in [6.07, 6.45) is 0. The third-order valence-electron chi connectivity index (χ3n) is 2.28. The predicted octanol–water partition coefficient (Wildman–Crippen LogP) is 1.03. The highest BCUT2D eigenvalue weighted by atomic mass is 19.2. The molecule has 1 aromatic rings. The van der Waals surface area contributed by atoms with Crippen LogP contribution in [0.1, 0.15) is 12.5 Å². The molecule has 0 radical (unpaired) electrons. The Hall–Kier alpha value is -1.80. The maximum absolute atomic E-state index is 13.6. The van der Waals surface area contributed by atoms with Crippen molar-refractivity contribution in [3.05, 3.63) is 33.4 Å². The van der Waals surface area contributed by atoms with E-state index in [1.54, 1.807) is 6.92 Å². The smallest absolute Gasteiger partial charge is 0.314 e. The van der Waals surface area contributed by atoms with Crippen molar-refractivity contribution in [3.63, 3.8) is 0 Å². The zero-order valence-corrected chi connectivity index (χ0v) is 10.6. The first kappa shape index (κ1) is 15.3. The molecule has 6 nitrogen and oxygen atoms in total. The monoisotopic (exact) mass is 277 g/mol. The molecule has 0 amide bonds. The Labute approximate surface area is 108 Å². The Morgan fingerprint density at radius 3 is 2.58 bits per heavy atom. The molecular weight excluding hydrogens is 262 g/mol. The number of quaternary nitrogens is 1. The third-order valence-corrected chi connectivity index (χ3v) is 2.28. The summed E-state index contributed by atoms with van der Waals surface area (Å²) < 4.78 is 36.8. The van der Waals surface area contributed by atoms with Gasteiger partial charge in [-0.25, -0.2) is 4.39 Å². The molecule has 1 aromatic carbocycles. The number of benzene rings is 1. The maximum Gasteiger partial charge on any atom is 0.314 e. The van der Waals surface area contributed by atoms with Crippen molar-refractivity contribution in [3.8, 4) is 5.75 Å². The maximum atomic E-state index is 13.6. The van der Waals surface area contributed by atoms with Gasteiger partial charge < -0.3 is 15.2 Å². The highest BCUT2D eigenvalue weighted by Crippen LogP contribution is 2.33. The molecule has 106 valence electrons.